The zero-order chi connectivity index (χ0) is 13.5. The van der Waals surface area contributed by atoms with Crippen LogP contribution >= 0.6 is 11.8 Å². The van der Waals surface area contributed by atoms with E-state index in [1.165, 1.54) is 6.20 Å². The lowest BCUT2D eigenvalue weighted by Crippen LogP contribution is -2.16. The first-order valence-electron chi connectivity index (χ1n) is 5.61. The fourth-order valence-corrected chi connectivity index (χ4v) is 2.23. The molecule has 0 fully saturated rings. The molecule has 1 unspecified atom stereocenters. The molecule has 5 nitrogen and oxygen atoms in total. The minimum Gasteiger partial charge on any atom is -0.480 e. The summed E-state index contributed by atoms with van der Waals surface area (Å²) in [6.07, 6.45) is 1.98. The van der Waals surface area contributed by atoms with Gasteiger partial charge in [-0.1, -0.05) is 18.7 Å². The summed E-state index contributed by atoms with van der Waals surface area (Å²) in [7, 11) is 0. The molecule has 0 aromatic carbocycles. The Kier molecular flexibility index (Phi) is 5.64. The molecule has 1 rings (SSSR count). The lowest BCUT2D eigenvalue weighted by molar-refractivity contribution is -0.136. The average molecular weight is 269 g/mol. The summed E-state index contributed by atoms with van der Waals surface area (Å²) in [5.74, 6) is -1.39. The molecule has 1 aromatic rings. The van der Waals surface area contributed by atoms with Gasteiger partial charge in [0.1, 0.15) is 10.3 Å². The molecule has 0 radical (unpaired) electrons. The van der Waals surface area contributed by atoms with Gasteiger partial charge in [0.15, 0.2) is 0 Å². The second kappa shape index (κ2) is 7.00. The van der Waals surface area contributed by atoms with Crippen molar-refractivity contribution in [1.82, 2.24) is 4.98 Å². The lowest BCUT2D eigenvalue weighted by atomic mass is 10.3. The molecule has 0 saturated heterocycles. The third-order valence-electron chi connectivity index (χ3n) is 2.17. The molecule has 0 spiro atoms. The number of nitrogens with zero attached hydrogens (tertiary/aromatic N) is 1. The molecular formula is C12H15NO4S. The van der Waals surface area contributed by atoms with Crippen LogP contribution in [-0.2, 0) is 9.53 Å². The van der Waals surface area contributed by atoms with Crippen LogP contribution in [0.25, 0.3) is 0 Å². The van der Waals surface area contributed by atoms with E-state index in [0.717, 1.165) is 11.8 Å². The number of aromatic nitrogens is 1. The number of carbonyl (C=O) groups excluding carboxylic acids is 1. The van der Waals surface area contributed by atoms with Gasteiger partial charge in [-0.15, -0.1) is 0 Å². The molecule has 0 amide bonds. The number of pyridine rings is 1. The van der Waals surface area contributed by atoms with Crippen LogP contribution in [0.1, 0.15) is 30.6 Å². The molecule has 0 saturated carbocycles. The first-order valence-corrected chi connectivity index (χ1v) is 6.49. The molecule has 18 heavy (non-hydrogen) atoms. The first kappa shape index (κ1) is 14.5. The number of carboxylic acids is 1. The van der Waals surface area contributed by atoms with E-state index in [0.29, 0.717) is 17.0 Å². The third kappa shape index (κ3) is 3.73. The number of ether oxygens (including phenoxy) is 1. The van der Waals surface area contributed by atoms with E-state index in [1.54, 1.807) is 26.0 Å². The van der Waals surface area contributed by atoms with Crippen LogP contribution in [0.2, 0.25) is 0 Å². The van der Waals surface area contributed by atoms with Crippen LogP contribution < -0.4 is 0 Å². The van der Waals surface area contributed by atoms with Crippen molar-refractivity contribution in [3.05, 3.63) is 23.9 Å². The summed E-state index contributed by atoms with van der Waals surface area (Å²) >= 11 is 1.07. The highest BCUT2D eigenvalue weighted by Crippen LogP contribution is 2.27. The Morgan fingerprint density at radius 3 is 2.78 bits per heavy atom. The van der Waals surface area contributed by atoms with Crippen molar-refractivity contribution in [2.45, 2.75) is 30.5 Å². The quantitative estimate of drug-likeness (QED) is 0.630. The van der Waals surface area contributed by atoms with Crippen molar-refractivity contribution >= 4 is 23.7 Å². The summed E-state index contributed by atoms with van der Waals surface area (Å²) in [6, 6.07) is 3.21. The molecule has 1 atom stereocenters. The van der Waals surface area contributed by atoms with Gasteiger partial charge in [-0.3, -0.25) is 4.79 Å². The van der Waals surface area contributed by atoms with Gasteiger partial charge in [0.05, 0.1) is 12.2 Å². The van der Waals surface area contributed by atoms with E-state index in [2.05, 4.69) is 4.98 Å². The van der Waals surface area contributed by atoms with Gasteiger partial charge in [0.2, 0.25) is 0 Å². The highest BCUT2D eigenvalue weighted by Gasteiger charge is 2.21. The molecule has 0 bridgehead atoms. The van der Waals surface area contributed by atoms with Crippen molar-refractivity contribution in [3.8, 4) is 0 Å². The van der Waals surface area contributed by atoms with Crippen LogP contribution in [0.5, 0.6) is 0 Å². The summed E-state index contributed by atoms with van der Waals surface area (Å²) in [5.41, 5.74) is 0.309. The summed E-state index contributed by atoms with van der Waals surface area (Å²) < 4.78 is 4.90. The Bertz CT molecular complexity index is 436. The minimum atomic E-state index is -0.914. The Balaban J connectivity index is 2.94. The topological polar surface area (TPSA) is 76.5 Å². The largest absolute Gasteiger partial charge is 0.480 e. The van der Waals surface area contributed by atoms with E-state index in [4.69, 9.17) is 9.84 Å². The Hall–Kier alpha value is -1.56. The van der Waals surface area contributed by atoms with Gasteiger partial charge in [-0.05, 0) is 25.5 Å². The number of aliphatic carboxylic acids is 1. The zero-order valence-corrected chi connectivity index (χ0v) is 11.1. The molecule has 98 valence electrons. The minimum absolute atomic E-state index is 0.272. The molecule has 0 aliphatic carbocycles. The zero-order valence-electron chi connectivity index (χ0n) is 10.3. The van der Waals surface area contributed by atoms with Crippen molar-refractivity contribution in [1.29, 1.82) is 0 Å². The summed E-state index contributed by atoms with van der Waals surface area (Å²) in [6.45, 7) is 3.76. The number of hydrogen-bond donors (Lipinski definition) is 1. The van der Waals surface area contributed by atoms with Crippen LogP contribution in [-0.4, -0.2) is 33.9 Å². The smallest absolute Gasteiger partial charge is 0.340 e. The number of thioether (sulfide) groups is 1. The van der Waals surface area contributed by atoms with E-state index >= 15 is 0 Å². The fourth-order valence-electron chi connectivity index (χ4n) is 1.29. The highest BCUT2D eigenvalue weighted by molar-refractivity contribution is 8.00. The van der Waals surface area contributed by atoms with Crippen molar-refractivity contribution in [3.63, 3.8) is 0 Å². The van der Waals surface area contributed by atoms with Gasteiger partial charge in [0.25, 0.3) is 0 Å². The molecule has 0 aliphatic heterocycles. The van der Waals surface area contributed by atoms with Crippen LogP contribution in [0, 0.1) is 0 Å². The van der Waals surface area contributed by atoms with Gasteiger partial charge in [-0.2, -0.15) is 0 Å². The Labute approximate surface area is 110 Å². The second-order valence-corrected chi connectivity index (χ2v) is 4.62. The lowest BCUT2D eigenvalue weighted by Gasteiger charge is -2.11. The molecular weight excluding hydrogens is 254 g/mol. The highest BCUT2D eigenvalue weighted by atomic mass is 32.2. The third-order valence-corrected chi connectivity index (χ3v) is 3.53. The van der Waals surface area contributed by atoms with Crippen molar-refractivity contribution < 1.29 is 19.4 Å². The Morgan fingerprint density at radius 1 is 1.50 bits per heavy atom. The molecule has 1 heterocycles. The predicted molar refractivity (Wildman–Crippen MR) is 67.8 cm³/mol. The standard InChI is InChI=1S/C12H15NO4S/c1-3-9(11(14)15)18-10-8(6-5-7-13-10)12(16)17-4-2/h5-7,9H,3-4H2,1-2H3,(H,14,15). The number of esters is 1. The van der Waals surface area contributed by atoms with Gasteiger partial charge >= 0.3 is 11.9 Å². The maximum absolute atomic E-state index is 11.7. The van der Waals surface area contributed by atoms with Crippen LogP contribution in [0.15, 0.2) is 23.4 Å². The van der Waals surface area contributed by atoms with Crippen LogP contribution in [0.4, 0.5) is 0 Å². The average Bonchev–Trinajstić information content (AvgIpc) is 2.36. The van der Waals surface area contributed by atoms with Crippen LogP contribution in [0.3, 0.4) is 0 Å². The summed E-state index contributed by atoms with van der Waals surface area (Å²) in [4.78, 5) is 26.7. The number of rotatable bonds is 6. The van der Waals surface area contributed by atoms with E-state index in [-0.39, 0.29) is 6.61 Å². The maximum Gasteiger partial charge on any atom is 0.340 e. The second-order valence-electron chi connectivity index (χ2n) is 3.43. The van der Waals surface area contributed by atoms with E-state index in [9.17, 15) is 9.59 Å². The first-order chi connectivity index (χ1) is 8.60. The monoisotopic (exact) mass is 269 g/mol. The maximum atomic E-state index is 11.7. The molecule has 0 aliphatic rings. The molecule has 6 heteroatoms. The number of carboxylic acid groups (broad SMARTS) is 1. The Morgan fingerprint density at radius 2 is 2.22 bits per heavy atom. The van der Waals surface area contributed by atoms with Gasteiger partial charge < -0.3 is 9.84 Å². The normalized spacial score (nSPS) is 11.9. The number of hydrogen-bond acceptors (Lipinski definition) is 5. The van der Waals surface area contributed by atoms with Gasteiger partial charge in [0, 0.05) is 6.20 Å². The van der Waals surface area contributed by atoms with E-state index in [1.807, 2.05) is 0 Å². The van der Waals surface area contributed by atoms with E-state index < -0.39 is 17.2 Å². The van der Waals surface area contributed by atoms with Gasteiger partial charge in [-0.25, -0.2) is 9.78 Å². The fraction of sp³-hybridized carbons (Fsp3) is 0.417. The van der Waals surface area contributed by atoms with Crippen molar-refractivity contribution in [2.75, 3.05) is 6.61 Å². The summed E-state index contributed by atoms with van der Waals surface area (Å²) in [5, 5.41) is 8.78. The molecule has 1 aromatic heterocycles. The molecule has 1 N–H and O–H groups in total. The predicted octanol–water partition coefficient (Wildman–Crippen LogP) is 2.21. The van der Waals surface area contributed by atoms with Crippen molar-refractivity contribution in [2.24, 2.45) is 0 Å². The number of carbonyl (C=O) groups is 2. The SMILES string of the molecule is CCOC(=O)c1cccnc1SC(CC)C(=O)O.